The van der Waals surface area contributed by atoms with Crippen molar-refractivity contribution in [2.45, 2.75) is 39.8 Å². The molecule has 0 aromatic heterocycles. The third-order valence-electron chi connectivity index (χ3n) is 4.49. The Kier molecular flexibility index (Phi) is 5.92. The van der Waals surface area contributed by atoms with Crippen molar-refractivity contribution in [2.24, 2.45) is 0 Å². The van der Waals surface area contributed by atoms with Crippen LogP contribution in [0.25, 0.3) is 5.57 Å². The molecule has 0 saturated carbocycles. The number of nitrogens with one attached hydrogen (secondary N) is 1. The Balaban J connectivity index is 2.03. The summed E-state index contributed by atoms with van der Waals surface area (Å²) >= 11 is 0. The van der Waals surface area contributed by atoms with Crippen LogP contribution < -0.4 is 14.8 Å². The Labute approximate surface area is 171 Å². The Morgan fingerprint density at radius 1 is 0.897 bits per heavy atom. The highest BCUT2D eigenvalue weighted by molar-refractivity contribution is 6.36. The van der Waals surface area contributed by atoms with Gasteiger partial charge in [-0.15, -0.1) is 0 Å². The summed E-state index contributed by atoms with van der Waals surface area (Å²) < 4.78 is 10.9. The number of anilines is 1. The zero-order chi connectivity index (χ0) is 21.1. The molecule has 29 heavy (non-hydrogen) atoms. The number of carbonyl (C=O) groups excluding carboxylic acids is 2. The molecule has 1 aliphatic rings. The van der Waals surface area contributed by atoms with Gasteiger partial charge in [0.25, 0.3) is 11.8 Å². The van der Waals surface area contributed by atoms with Crippen molar-refractivity contribution in [2.75, 3.05) is 12.4 Å². The molecule has 3 rings (SSSR count). The first-order valence-electron chi connectivity index (χ1n) is 9.62. The standard InChI is InChI=1S/C23H26N2O4/c1-14(2)25-22(26)20(16-9-11-18(12-10-16)29-15(3)4)21(23(25)27)24-17-7-6-8-19(13-17)28-5/h6-15,24H,1-5H3. The monoisotopic (exact) mass is 394 g/mol. The first kappa shape index (κ1) is 20.5. The fourth-order valence-corrected chi connectivity index (χ4v) is 3.22. The molecule has 0 fully saturated rings. The van der Waals surface area contributed by atoms with Crippen LogP contribution in [0.5, 0.6) is 11.5 Å². The molecule has 0 radical (unpaired) electrons. The molecule has 1 aliphatic heterocycles. The van der Waals surface area contributed by atoms with E-state index >= 15 is 0 Å². The Bertz CT molecular complexity index is 946. The number of hydrogen-bond donors (Lipinski definition) is 1. The number of benzene rings is 2. The first-order chi connectivity index (χ1) is 13.8. The maximum atomic E-state index is 13.1. The van der Waals surface area contributed by atoms with Crippen LogP contribution in [0.4, 0.5) is 5.69 Å². The first-order valence-corrected chi connectivity index (χ1v) is 9.62. The van der Waals surface area contributed by atoms with Gasteiger partial charge in [0.05, 0.1) is 18.8 Å². The van der Waals surface area contributed by atoms with Crippen molar-refractivity contribution in [3.8, 4) is 11.5 Å². The van der Waals surface area contributed by atoms with Gasteiger partial charge in [-0.1, -0.05) is 18.2 Å². The lowest BCUT2D eigenvalue weighted by atomic mass is 10.0. The molecule has 0 atom stereocenters. The molecule has 152 valence electrons. The number of carbonyl (C=O) groups is 2. The predicted molar refractivity (Wildman–Crippen MR) is 113 cm³/mol. The van der Waals surface area contributed by atoms with Crippen molar-refractivity contribution in [3.63, 3.8) is 0 Å². The lowest BCUT2D eigenvalue weighted by Crippen LogP contribution is -2.38. The lowest BCUT2D eigenvalue weighted by Gasteiger charge is -2.19. The zero-order valence-electron chi connectivity index (χ0n) is 17.4. The third kappa shape index (κ3) is 4.26. The second kappa shape index (κ2) is 8.39. The summed E-state index contributed by atoms with van der Waals surface area (Å²) in [5.41, 5.74) is 1.94. The highest BCUT2D eigenvalue weighted by Crippen LogP contribution is 2.33. The van der Waals surface area contributed by atoms with Crippen molar-refractivity contribution in [1.29, 1.82) is 0 Å². The van der Waals surface area contributed by atoms with E-state index in [1.54, 1.807) is 37.4 Å². The SMILES string of the molecule is COc1cccc(NC2=C(c3ccc(OC(C)C)cc3)C(=O)N(C(C)C)C2=O)c1. The molecule has 6 nitrogen and oxygen atoms in total. The van der Waals surface area contributed by atoms with Crippen LogP contribution in [0, 0.1) is 0 Å². The second-order valence-corrected chi connectivity index (χ2v) is 7.37. The zero-order valence-corrected chi connectivity index (χ0v) is 17.4. The molecule has 0 spiro atoms. The van der Waals surface area contributed by atoms with Gasteiger partial charge >= 0.3 is 0 Å². The maximum absolute atomic E-state index is 13.1. The summed E-state index contributed by atoms with van der Waals surface area (Å²) in [5.74, 6) is 0.715. The number of nitrogens with zero attached hydrogens (tertiary/aromatic N) is 1. The maximum Gasteiger partial charge on any atom is 0.278 e. The minimum Gasteiger partial charge on any atom is -0.497 e. The average molecular weight is 394 g/mol. The summed E-state index contributed by atoms with van der Waals surface area (Å²) in [4.78, 5) is 27.4. The van der Waals surface area contributed by atoms with E-state index in [0.29, 0.717) is 28.3 Å². The van der Waals surface area contributed by atoms with E-state index in [0.717, 1.165) is 0 Å². The minimum absolute atomic E-state index is 0.0523. The molecular weight excluding hydrogens is 368 g/mol. The highest BCUT2D eigenvalue weighted by Gasteiger charge is 2.40. The van der Waals surface area contributed by atoms with Crippen LogP contribution in [0.2, 0.25) is 0 Å². The molecule has 0 bridgehead atoms. The predicted octanol–water partition coefficient (Wildman–Crippen LogP) is 4.08. The summed E-state index contributed by atoms with van der Waals surface area (Å²) in [6, 6.07) is 14.2. The van der Waals surface area contributed by atoms with Crippen LogP contribution in [-0.2, 0) is 9.59 Å². The molecule has 0 saturated heterocycles. The Morgan fingerprint density at radius 2 is 1.59 bits per heavy atom. The van der Waals surface area contributed by atoms with Crippen LogP contribution in [-0.4, -0.2) is 36.0 Å². The van der Waals surface area contributed by atoms with Gasteiger partial charge in [-0.2, -0.15) is 0 Å². The summed E-state index contributed by atoms with van der Waals surface area (Å²) in [7, 11) is 1.58. The summed E-state index contributed by atoms with van der Waals surface area (Å²) in [6.07, 6.45) is 0.0523. The van der Waals surface area contributed by atoms with Gasteiger partial charge in [0, 0.05) is 17.8 Å². The number of imide groups is 1. The fourth-order valence-electron chi connectivity index (χ4n) is 3.22. The van der Waals surface area contributed by atoms with Crippen molar-refractivity contribution in [3.05, 3.63) is 59.8 Å². The molecular formula is C23H26N2O4. The second-order valence-electron chi connectivity index (χ2n) is 7.37. The molecule has 1 heterocycles. The van der Waals surface area contributed by atoms with Gasteiger partial charge in [0.15, 0.2) is 0 Å². The lowest BCUT2D eigenvalue weighted by molar-refractivity contribution is -0.138. The van der Waals surface area contributed by atoms with Gasteiger partial charge in [-0.3, -0.25) is 14.5 Å². The van der Waals surface area contributed by atoms with Crippen molar-refractivity contribution in [1.82, 2.24) is 4.90 Å². The highest BCUT2D eigenvalue weighted by atomic mass is 16.5. The average Bonchev–Trinajstić information content (AvgIpc) is 2.92. The Hall–Kier alpha value is -3.28. The smallest absolute Gasteiger partial charge is 0.278 e. The fraction of sp³-hybridized carbons (Fsp3) is 0.304. The van der Waals surface area contributed by atoms with Crippen molar-refractivity contribution >= 4 is 23.1 Å². The van der Waals surface area contributed by atoms with E-state index in [4.69, 9.17) is 9.47 Å². The topological polar surface area (TPSA) is 67.9 Å². The van der Waals surface area contributed by atoms with Gasteiger partial charge in [0.2, 0.25) is 0 Å². The number of hydrogen-bond acceptors (Lipinski definition) is 5. The van der Waals surface area contributed by atoms with Crippen molar-refractivity contribution < 1.29 is 19.1 Å². The van der Waals surface area contributed by atoms with Crippen LogP contribution in [0.3, 0.4) is 0 Å². The van der Waals surface area contributed by atoms with Gasteiger partial charge in [-0.25, -0.2) is 0 Å². The molecule has 2 aromatic rings. The van der Waals surface area contributed by atoms with Crippen LogP contribution >= 0.6 is 0 Å². The summed E-state index contributed by atoms with van der Waals surface area (Å²) in [6.45, 7) is 7.54. The van der Waals surface area contributed by atoms with Crippen LogP contribution in [0.1, 0.15) is 33.3 Å². The largest absolute Gasteiger partial charge is 0.497 e. The molecule has 0 unspecified atom stereocenters. The third-order valence-corrected chi connectivity index (χ3v) is 4.49. The minimum atomic E-state index is -0.342. The number of rotatable bonds is 7. The van der Waals surface area contributed by atoms with Crippen LogP contribution in [0.15, 0.2) is 54.2 Å². The van der Waals surface area contributed by atoms with E-state index in [1.165, 1.54) is 4.90 Å². The van der Waals surface area contributed by atoms with E-state index < -0.39 is 0 Å². The van der Waals surface area contributed by atoms with Gasteiger partial charge < -0.3 is 14.8 Å². The number of amides is 2. The molecule has 2 amide bonds. The number of methoxy groups -OCH3 is 1. The Morgan fingerprint density at radius 3 is 2.17 bits per heavy atom. The molecule has 6 heteroatoms. The van der Waals surface area contributed by atoms with Gasteiger partial charge in [0.1, 0.15) is 17.2 Å². The normalized spacial score (nSPS) is 14.2. The molecule has 1 N–H and O–H groups in total. The van der Waals surface area contributed by atoms with E-state index in [2.05, 4.69) is 5.32 Å². The summed E-state index contributed by atoms with van der Waals surface area (Å²) in [5, 5.41) is 3.13. The van der Waals surface area contributed by atoms with Gasteiger partial charge in [-0.05, 0) is 57.5 Å². The molecule has 2 aromatic carbocycles. The quantitative estimate of drug-likeness (QED) is 0.717. The molecule has 0 aliphatic carbocycles. The van der Waals surface area contributed by atoms with E-state index in [9.17, 15) is 9.59 Å². The number of ether oxygens (including phenoxy) is 2. The van der Waals surface area contributed by atoms with E-state index in [-0.39, 0.29) is 29.7 Å². The van der Waals surface area contributed by atoms with E-state index in [1.807, 2.05) is 45.9 Å².